The molecule has 4 nitrogen and oxygen atoms in total. The van der Waals surface area contributed by atoms with Crippen LogP contribution in [0.25, 0.3) is 0 Å². The second-order valence-electron chi connectivity index (χ2n) is 5.05. The lowest BCUT2D eigenvalue weighted by atomic mass is 10.0. The summed E-state index contributed by atoms with van der Waals surface area (Å²) in [5.41, 5.74) is -0.777. The minimum absolute atomic E-state index is 0.0250. The van der Waals surface area contributed by atoms with E-state index in [2.05, 4.69) is 18.5 Å². The van der Waals surface area contributed by atoms with Gasteiger partial charge in [0.1, 0.15) is 5.54 Å². The second kappa shape index (κ2) is 5.76. The number of hydrogen-bond acceptors (Lipinski definition) is 3. The first-order valence-corrected chi connectivity index (χ1v) is 7.39. The number of nitrogens with one attached hydrogen (secondary N) is 1. The number of rotatable bonds is 4. The molecule has 1 aliphatic rings. The molecule has 1 fully saturated rings. The van der Waals surface area contributed by atoms with Gasteiger partial charge in [-0.1, -0.05) is 0 Å². The van der Waals surface area contributed by atoms with Crippen molar-refractivity contribution < 1.29 is 9.59 Å². The average Bonchev–Trinajstić information content (AvgIpc) is 2.34. The molecule has 98 valence electrons. The zero-order valence-corrected chi connectivity index (χ0v) is 11.9. The number of hydrogen-bond donors (Lipinski definition) is 1. The molecule has 0 bridgehead atoms. The predicted molar refractivity (Wildman–Crippen MR) is 71.0 cm³/mol. The van der Waals surface area contributed by atoms with Gasteiger partial charge in [-0.05, 0) is 39.2 Å². The second-order valence-corrected chi connectivity index (χ2v) is 6.04. The number of nitrogens with zero attached hydrogens (tertiary/aromatic N) is 1. The highest BCUT2D eigenvalue weighted by Crippen LogP contribution is 2.18. The van der Waals surface area contributed by atoms with Gasteiger partial charge in [-0.2, -0.15) is 11.8 Å². The van der Waals surface area contributed by atoms with Crippen LogP contribution in [-0.2, 0) is 9.59 Å². The van der Waals surface area contributed by atoms with Crippen molar-refractivity contribution >= 4 is 23.6 Å². The molecule has 17 heavy (non-hydrogen) atoms. The SMILES string of the molecule is CSCCC(C)N1CCC(=O)NC(C)(C)C1=O. The van der Waals surface area contributed by atoms with E-state index in [-0.39, 0.29) is 17.9 Å². The van der Waals surface area contributed by atoms with Crippen LogP contribution in [0, 0.1) is 0 Å². The van der Waals surface area contributed by atoms with E-state index < -0.39 is 5.54 Å². The van der Waals surface area contributed by atoms with E-state index in [1.54, 1.807) is 25.6 Å². The van der Waals surface area contributed by atoms with Crippen molar-refractivity contribution in [1.82, 2.24) is 10.2 Å². The van der Waals surface area contributed by atoms with Crippen molar-refractivity contribution in [3.05, 3.63) is 0 Å². The molecule has 1 aliphatic heterocycles. The van der Waals surface area contributed by atoms with E-state index in [1.165, 1.54) is 0 Å². The first kappa shape index (κ1) is 14.4. The lowest BCUT2D eigenvalue weighted by Gasteiger charge is -2.33. The molecule has 2 amide bonds. The van der Waals surface area contributed by atoms with E-state index in [4.69, 9.17) is 0 Å². The van der Waals surface area contributed by atoms with Crippen LogP contribution in [0.5, 0.6) is 0 Å². The molecule has 0 aliphatic carbocycles. The Morgan fingerprint density at radius 2 is 2.12 bits per heavy atom. The minimum Gasteiger partial charge on any atom is -0.342 e. The Kier molecular flexibility index (Phi) is 4.86. The Hall–Kier alpha value is -0.710. The van der Waals surface area contributed by atoms with Gasteiger partial charge >= 0.3 is 0 Å². The summed E-state index contributed by atoms with van der Waals surface area (Å²) in [5, 5.41) is 2.77. The lowest BCUT2D eigenvalue weighted by molar-refractivity contribution is -0.139. The van der Waals surface area contributed by atoms with Crippen molar-refractivity contribution in [2.75, 3.05) is 18.6 Å². The van der Waals surface area contributed by atoms with Crippen LogP contribution in [0.3, 0.4) is 0 Å². The zero-order chi connectivity index (χ0) is 13.1. The molecule has 0 aromatic carbocycles. The molecule has 1 N–H and O–H groups in total. The van der Waals surface area contributed by atoms with Crippen LogP contribution in [0.15, 0.2) is 0 Å². The molecule has 1 unspecified atom stereocenters. The summed E-state index contributed by atoms with van der Waals surface area (Å²) in [6, 6.07) is 0.196. The van der Waals surface area contributed by atoms with Gasteiger partial charge in [0.15, 0.2) is 0 Å². The van der Waals surface area contributed by atoms with Crippen molar-refractivity contribution in [2.45, 2.75) is 45.2 Å². The van der Waals surface area contributed by atoms with Gasteiger partial charge in [-0.25, -0.2) is 0 Å². The highest BCUT2D eigenvalue weighted by molar-refractivity contribution is 7.98. The Balaban J connectivity index is 2.76. The maximum atomic E-state index is 12.3. The molecule has 1 atom stereocenters. The van der Waals surface area contributed by atoms with Crippen LogP contribution in [0.4, 0.5) is 0 Å². The summed E-state index contributed by atoms with van der Waals surface area (Å²) >= 11 is 1.78. The molecule has 1 heterocycles. The molecule has 5 heteroatoms. The van der Waals surface area contributed by atoms with Gasteiger partial charge < -0.3 is 10.2 Å². The number of carbonyl (C=O) groups excluding carboxylic acids is 2. The Morgan fingerprint density at radius 3 is 2.71 bits per heavy atom. The van der Waals surface area contributed by atoms with Crippen LogP contribution in [0.1, 0.15) is 33.6 Å². The third-order valence-electron chi connectivity index (χ3n) is 3.10. The Bertz CT molecular complexity index is 305. The molecule has 0 aromatic heterocycles. The number of carbonyl (C=O) groups is 2. The first-order valence-electron chi connectivity index (χ1n) is 5.99. The molecular formula is C12H22N2O2S. The van der Waals surface area contributed by atoms with Crippen molar-refractivity contribution in [1.29, 1.82) is 0 Å². The minimum atomic E-state index is -0.777. The first-order chi connectivity index (χ1) is 7.88. The Morgan fingerprint density at radius 1 is 1.47 bits per heavy atom. The molecule has 0 saturated carbocycles. The van der Waals surface area contributed by atoms with Crippen LogP contribution >= 0.6 is 11.8 Å². The van der Waals surface area contributed by atoms with Gasteiger partial charge in [-0.15, -0.1) is 0 Å². The van der Waals surface area contributed by atoms with E-state index in [1.807, 2.05) is 4.90 Å². The van der Waals surface area contributed by atoms with Gasteiger partial charge in [0.2, 0.25) is 11.8 Å². The highest BCUT2D eigenvalue weighted by Gasteiger charge is 2.37. The summed E-state index contributed by atoms with van der Waals surface area (Å²) in [4.78, 5) is 25.7. The fourth-order valence-corrected chi connectivity index (χ4v) is 2.59. The quantitative estimate of drug-likeness (QED) is 0.826. The normalized spacial score (nSPS) is 22.0. The molecule has 0 aromatic rings. The molecular weight excluding hydrogens is 236 g/mol. The summed E-state index contributed by atoms with van der Waals surface area (Å²) < 4.78 is 0. The largest absolute Gasteiger partial charge is 0.342 e. The predicted octanol–water partition coefficient (Wildman–Crippen LogP) is 1.26. The lowest BCUT2D eigenvalue weighted by Crippen LogP contribution is -2.54. The summed E-state index contributed by atoms with van der Waals surface area (Å²) in [6.45, 7) is 6.13. The monoisotopic (exact) mass is 258 g/mol. The maximum Gasteiger partial charge on any atom is 0.247 e. The molecule has 0 spiro atoms. The fraction of sp³-hybridized carbons (Fsp3) is 0.833. The van der Waals surface area contributed by atoms with Crippen LogP contribution in [0.2, 0.25) is 0 Å². The third kappa shape index (κ3) is 3.63. The summed E-state index contributed by atoms with van der Waals surface area (Å²) in [5.74, 6) is 1.02. The zero-order valence-electron chi connectivity index (χ0n) is 11.1. The standard InChI is InChI=1S/C12H22N2O2S/c1-9(6-8-17-4)14-7-5-10(15)13-12(2,3)11(14)16/h9H,5-8H2,1-4H3,(H,13,15). The van der Waals surface area contributed by atoms with Crippen molar-refractivity contribution in [3.63, 3.8) is 0 Å². The van der Waals surface area contributed by atoms with E-state index in [0.717, 1.165) is 12.2 Å². The highest BCUT2D eigenvalue weighted by atomic mass is 32.2. The Labute approximate surface area is 108 Å². The topological polar surface area (TPSA) is 49.4 Å². The number of amides is 2. The van der Waals surface area contributed by atoms with Crippen LogP contribution in [-0.4, -0.2) is 46.8 Å². The van der Waals surface area contributed by atoms with Crippen molar-refractivity contribution in [2.24, 2.45) is 0 Å². The smallest absolute Gasteiger partial charge is 0.247 e. The molecule has 0 radical (unpaired) electrons. The summed E-state index contributed by atoms with van der Waals surface area (Å²) in [6.07, 6.45) is 3.43. The summed E-state index contributed by atoms with van der Waals surface area (Å²) in [7, 11) is 0. The third-order valence-corrected chi connectivity index (χ3v) is 3.74. The average molecular weight is 258 g/mol. The maximum absolute atomic E-state index is 12.3. The van der Waals surface area contributed by atoms with Gasteiger partial charge in [0.25, 0.3) is 0 Å². The van der Waals surface area contributed by atoms with E-state index >= 15 is 0 Å². The number of thioether (sulfide) groups is 1. The van der Waals surface area contributed by atoms with Crippen molar-refractivity contribution in [3.8, 4) is 0 Å². The van der Waals surface area contributed by atoms with Crippen LogP contribution < -0.4 is 5.32 Å². The van der Waals surface area contributed by atoms with Gasteiger partial charge in [0.05, 0.1) is 0 Å². The molecule has 1 rings (SSSR count). The van der Waals surface area contributed by atoms with E-state index in [9.17, 15) is 9.59 Å². The fourth-order valence-electron chi connectivity index (χ4n) is 2.01. The van der Waals surface area contributed by atoms with Gasteiger partial charge in [-0.3, -0.25) is 9.59 Å². The molecule has 1 saturated heterocycles. The van der Waals surface area contributed by atoms with E-state index in [0.29, 0.717) is 13.0 Å². The van der Waals surface area contributed by atoms with Gasteiger partial charge in [0, 0.05) is 19.0 Å².